The Labute approximate surface area is 175 Å². The van der Waals surface area contributed by atoms with E-state index in [9.17, 15) is 9.59 Å². The van der Waals surface area contributed by atoms with E-state index in [1.54, 1.807) is 19.9 Å². The topological polar surface area (TPSA) is 52.6 Å². The molecule has 0 unspecified atom stereocenters. The first-order valence-corrected chi connectivity index (χ1v) is 10.0. The van der Waals surface area contributed by atoms with Gasteiger partial charge in [0.05, 0.1) is 24.3 Å². The fraction of sp³-hybridized carbons (Fsp3) is 0.154. The Morgan fingerprint density at radius 1 is 0.600 bits per heavy atom. The quantitative estimate of drug-likeness (QED) is 0.392. The Balaban J connectivity index is 1.85. The normalized spacial score (nSPS) is 10.9. The fourth-order valence-electron chi connectivity index (χ4n) is 3.66. The predicted molar refractivity (Wildman–Crippen MR) is 117 cm³/mol. The van der Waals surface area contributed by atoms with Gasteiger partial charge in [-0.05, 0) is 53.3 Å². The summed E-state index contributed by atoms with van der Waals surface area (Å²) in [7, 11) is 0. The molecule has 0 fully saturated rings. The number of carbonyl (C=O) groups is 2. The van der Waals surface area contributed by atoms with Gasteiger partial charge in [0.15, 0.2) is 0 Å². The van der Waals surface area contributed by atoms with Crippen LogP contribution in [0.5, 0.6) is 0 Å². The van der Waals surface area contributed by atoms with Crippen molar-refractivity contribution in [2.75, 3.05) is 13.2 Å². The first kappa shape index (κ1) is 19.6. The highest BCUT2D eigenvalue weighted by Crippen LogP contribution is 2.35. The van der Waals surface area contributed by atoms with Gasteiger partial charge in [0.1, 0.15) is 0 Å². The van der Waals surface area contributed by atoms with Crippen LogP contribution in [0.25, 0.3) is 33.4 Å². The molecule has 4 nitrogen and oxygen atoms in total. The van der Waals surface area contributed by atoms with Crippen LogP contribution < -0.4 is 0 Å². The van der Waals surface area contributed by atoms with E-state index >= 15 is 0 Å². The van der Waals surface area contributed by atoms with E-state index in [2.05, 4.69) is 36.4 Å². The van der Waals surface area contributed by atoms with Gasteiger partial charge in [-0.25, -0.2) is 9.59 Å². The van der Waals surface area contributed by atoms with Crippen molar-refractivity contribution in [3.05, 3.63) is 83.9 Å². The zero-order valence-corrected chi connectivity index (χ0v) is 17.0. The van der Waals surface area contributed by atoms with E-state index < -0.39 is 11.9 Å². The molecule has 4 aliphatic rings. The number of esters is 2. The van der Waals surface area contributed by atoms with Gasteiger partial charge < -0.3 is 9.47 Å². The second-order valence-corrected chi connectivity index (χ2v) is 6.92. The molecule has 0 saturated carbocycles. The van der Waals surface area contributed by atoms with Crippen LogP contribution in [0, 0.1) is 0 Å². The third-order valence-electron chi connectivity index (χ3n) is 5.11. The predicted octanol–water partition coefficient (Wildman–Crippen LogP) is 5.92. The van der Waals surface area contributed by atoms with E-state index in [0.29, 0.717) is 22.3 Å². The molecule has 0 aromatic heterocycles. The summed E-state index contributed by atoms with van der Waals surface area (Å²) in [5.74, 6) is -0.897. The zero-order chi connectivity index (χ0) is 21.1. The minimum Gasteiger partial charge on any atom is -0.462 e. The van der Waals surface area contributed by atoms with Gasteiger partial charge in [-0.15, -0.1) is 0 Å². The zero-order valence-electron chi connectivity index (χ0n) is 17.0. The van der Waals surface area contributed by atoms with E-state index in [0.717, 1.165) is 11.1 Å². The van der Waals surface area contributed by atoms with Crippen LogP contribution in [0.3, 0.4) is 0 Å². The minimum atomic E-state index is -0.448. The standard InChI is InChI=1S/C26H22O4/c1-3-29-25(27)23-16-24(26(28)30-4-2)22-15-13-20(12-14-21(22)23)19-10-8-17-6-5-7-18(17)9-11-19/h5-16H,3-4H2,1-2H3. The summed E-state index contributed by atoms with van der Waals surface area (Å²) in [6.07, 6.45) is 0. The van der Waals surface area contributed by atoms with Crippen molar-refractivity contribution in [1.29, 1.82) is 0 Å². The molecule has 150 valence electrons. The van der Waals surface area contributed by atoms with E-state index in [1.165, 1.54) is 11.1 Å². The monoisotopic (exact) mass is 398 g/mol. The Morgan fingerprint density at radius 2 is 0.967 bits per heavy atom. The van der Waals surface area contributed by atoms with Crippen LogP contribution in [0.2, 0.25) is 0 Å². The summed E-state index contributed by atoms with van der Waals surface area (Å²) in [5.41, 5.74) is 6.45. The number of rotatable bonds is 5. The molecule has 0 bridgehead atoms. The van der Waals surface area contributed by atoms with Crippen LogP contribution in [0.1, 0.15) is 34.6 Å². The summed E-state index contributed by atoms with van der Waals surface area (Å²) in [6.45, 7) is 4.04. The lowest BCUT2D eigenvalue weighted by Gasteiger charge is -2.02. The van der Waals surface area contributed by atoms with Gasteiger partial charge >= 0.3 is 11.9 Å². The lowest BCUT2D eigenvalue weighted by atomic mass is 10.1. The van der Waals surface area contributed by atoms with Crippen LogP contribution in [-0.2, 0) is 9.47 Å². The maximum Gasteiger partial charge on any atom is 0.338 e. The van der Waals surface area contributed by atoms with Crippen molar-refractivity contribution in [2.45, 2.75) is 13.8 Å². The number of hydrogen-bond acceptors (Lipinski definition) is 4. The summed E-state index contributed by atoms with van der Waals surface area (Å²) in [6, 6.07) is 23.7. The van der Waals surface area contributed by atoms with Crippen molar-refractivity contribution in [1.82, 2.24) is 0 Å². The fourth-order valence-corrected chi connectivity index (χ4v) is 3.66. The first-order chi connectivity index (χ1) is 14.6. The molecular weight excluding hydrogens is 376 g/mol. The molecule has 0 N–H and O–H groups in total. The van der Waals surface area contributed by atoms with E-state index in [1.807, 2.05) is 30.3 Å². The van der Waals surface area contributed by atoms with Crippen molar-refractivity contribution in [2.24, 2.45) is 0 Å². The number of fused-ring (bicyclic) bond motifs is 2. The molecule has 0 spiro atoms. The third kappa shape index (κ3) is 3.64. The third-order valence-corrected chi connectivity index (χ3v) is 5.11. The van der Waals surface area contributed by atoms with Crippen molar-refractivity contribution < 1.29 is 19.1 Å². The van der Waals surface area contributed by atoms with Crippen molar-refractivity contribution >= 4 is 11.9 Å². The maximum atomic E-state index is 12.5. The summed E-state index contributed by atoms with van der Waals surface area (Å²) < 4.78 is 10.4. The van der Waals surface area contributed by atoms with Gasteiger partial charge in [0, 0.05) is 0 Å². The second kappa shape index (κ2) is 8.37. The summed E-state index contributed by atoms with van der Waals surface area (Å²) in [5, 5.41) is 0. The molecule has 4 rings (SSSR count). The molecule has 0 radical (unpaired) electrons. The van der Waals surface area contributed by atoms with Crippen LogP contribution in [0.4, 0.5) is 0 Å². The average molecular weight is 398 g/mol. The molecular formula is C26H22O4. The first-order valence-electron chi connectivity index (χ1n) is 10.0. The van der Waals surface area contributed by atoms with Crippen LogP contribution >= 0.6 is 0 Å². The SMILES string of the molecule is CCOC(=O)c1cc(C(=O)OCC)c2ccc(-c3ccc4cccc-4cc3)ccc1-2. The Morgan fingerprint density at radius 3 is 1.37 bits per heavy atom. The smallest absolute Gasteiger partial charge is 0.338 e. The van der Waals surface area contributed by atoms with E-state index in [4.69, 9.17) is 9.47 Å². The number of ether oxygens (including phenoxy) is 2. The van der Waals surface area contributed by atoms with Crippen LogP contribution in [-0.4, -0.2) is 25.2 Å². The molecule has 30 heavy (non-hydrogen) atoms. The molecule has 0 aromatic rings. The van der Waals surface area contributed by atoms with Gasteiger partial charge in [-0.1, -0.05) is 66.7 Å². The lowest BCUT2D eigenvalue weighted by Crippen LogP contribution is -2.05. The number of hydrogen-bond donors (Lipinski definition) is 0. The molecule has 0 amide bonds. The second-order valence-electron chi connectivity index (χ2n) is 6.92. The highest BCUT2D eigenvalue weighted by molar-refractivity contribution is 6.08. The summed E-state index contributed by atoms with van der Waals surface area (Å²) >= 11 is 0. The number of carbonyl (C=O) groups excluding carboxylic acids is 2. The molecule has 0 saturated heterocycles. The van der Waals surface area contributed by atoms with Gasteiger partial charge in [-0.2, -0.15) is 0 Å². The Kier molecular flexibility index (Phi) is 5.48. The maximum absolute atomic E-state index is 12.5. The molecule has 0 heterocycles. The largest absolute Gasteiger partial charge is 0.462 e. The van der Waals surface area contributed by atoms with Crippen molar-refractivity contribution in [3.8, 4) is 33.4 Å². The lowest BCUT2D eigenvalue weighted by molar-refractivity contribution is 0.0525. The summed E-state index contributed by atoms with van der Waals surface area (Å²) in [4.78, 5) is 25.0. The van der Waals surface area contributed by atoms with Crippen molar-refractivity contribution in [3.63, 3.8) is 0 Å². The Bertz CT molecular complexity index is 1080. The Hall–Kier alpha value is -3.66. The highest BCUT2D eigenvalue weighted by Gasteiger charge is 2.25. The van der Waals surface area contributed by atoms with E-state index in [-0.39, 0.29) is 13.2 Å². The minimum absolute atomic E-state index is 0.265. The van der Waals surface area contributed by atoms with Gasteiger partial charge in [-0.3, -0.25) is 0 Å². The highest BCUT2D eigenvalue weighted by atomic mass is 16.5. The molecule has 4 heteroatoms. The van der Waals surface area contributed by atoms with Gasteiger partial charge in [0.25, 0.3) is 0 Å². The molecule has 0 aliphatic heterocycles. The average Bonchev–Trinajstić information content (AvgIpc) is 3.20. The molecule has 0 atom stereocenters. The van der Waals surface area contributed by atoms with Gasteiger partial charge in [0.2, 0.25) is 0 Å². The molecule has 0 aromatic carbocycles. The molecule has 4 aliphatic carbocycles. The van der Waals surface area contributed by atoms with Crippen LogP contribution in [0.15, 0.2) is 72.8 Å².